The molecule has 0 atom stereocenters. The molecule has 3 nitrogen and oxygen atoms in total. The summed E-state index contributed by atoms with van der Waals surface area (Å²) in [5.74, 6) is 0.706. The van der Waals surface area contributed by atoms with E-state index in [2.05, 4.69) is 42.0 Å². The molecule has 0 saturated heterocycles. The van der Waals surface area contributed by atoms with E-state index in [-0.39, 0.29) is 11.3 Å². The minimum atomic E-state index is -0.0758. The first kappa shape index (κ1) is 17.5. The maximum absolute atomic E-state index is 12.3. The first-order valence-corrected chi connectivity index (χ1v) is 8.31. The first-order chi connectivity index (χ1) is 10.8. The maximum Gasteiger partial charge on any atom is 0.251 e. The Bertz CT molecular complexity index is 688. The Balaban J connectivity index is 2.02. The summed E-state index contributed by atoms with van der Waals surface area (Å²) in [5, 5.41) is 2.94. The lowest BCUT2D eigenvalue weighted by atomic mass is 9.87. The number of nitrogens with one attached hydrogen (secondary N) is 1. The Morgan fingerprint density at radius 3 is 2.30 bits per heavy atom. The van der Waals surface area contributed by atoms with Gasteiger partial charge in [-0.05, 0) is 40.8 Å². The minimum absolute atomic E-state index is 0.0758. The Morgan fingerprint density at radius 1 is 1.13 bits per heavy atom. The van der Waals surface area contributed by atoms with Gasteiger partial charge in [-0.1, -0.05) is 54.9 Å². The number of hydrogen-bond donors (Lipinski definition) is 1. The van der Waals surface area contributed by atoms with E-state index in [9.17, 15) is 4.79 Å². The third-order valence-electron chi connectivity index (χ3n) is 3.71. The van der Waals surface area contributed by atoms with E-state index in [1.807, 2.05) is 42.5 Å². The second-order valence-corrected chi connectivity index (χ2v) is 7.32. The van der Waals surface area contributed by atoms with Crippen LogP contribution in [-0.4, -0.2) is 13.0 Å². The molecule has 0 unspecified atom stereocenters. The van der Waals surface area contributed by atoms with Gasteiger partial charge >= 0.3 is 0 Å². The summed E-state index contributed by atoms with van der Waals surface area (Å²) >= 11 is 3.49. The van der Waals surface area contributed by atoms with Gasteiger partial charge in [0.2, 0.25) is 0 Å². The molecule has 2 rings (SSSR count). The minimum Gasteiger partial charge on any atom is -0.497 e. The average Bonchev–Trinajstić information content (AvgIpc) is 2.52. The van der Waals surface area contributed by atoms with Gasteiger partial charge in [0.1, 0.15) is 5.75 Å². The summed E-state index contributed by atoms with van der Waals surface area (Å²) in [6.45, 7) is 6.93. The largest absolute Gasteiger partial charge is 0.497 e. The normalized spacial score (nSPS) is 11.2. The molecule has 1 N–H and O–H groups in total. The van der Waals surface area contributed by atoms with Crippen LogP contribution in [0.15, 0.2) is 46.9 Å². The number of ether oxygens (including phenoxy) is 1. The van der Waals surface area contributed by atoms with Gasteiger partial charge in [0.25, 0.3) is 5.91 Å². The molecule has 0 aliphatic rings. The summed E-state index contributed by atoms with van der Waals surface area (Å²) in [6, 6.07) is 13.5. The van der Waals surface area contributed by atoms with E-state index in [1.165, 1.54) is 5.56 Å². The number of carbonyl (C=O) groups excluding carboxylic acids is 1. The predicted octanol–water partition coefficient (Wildman–Crippen LogP) is 4.69. The van der Waals surface area contributed by atoms with Crippen LogP contribution >= 0.6 is 15.9 Å². The molecule has 0 saturated carbocycles. The van der Waals surface area contributed by atoms with Crippen LogP contribution in [0.5, 0.6) is 5.75 Å². The van der Waals surface area contributed by atoms with Gasteiger partial charge in [-0.15, -0.1) is 0 Å². The van der Waals surface area contributed by atoms with Crippen LogP contribution in [0.25, 0.3) is 0 Å². The second kappa shape index (κ2) is 7.18. The molecule has 0 radical (unpaired) electrons. The van der Waals surface area contributed by atoms with Crippen LogP contribution in [0.2, 0.25) is 0 Å². The molecule has 0 aromatic heterocycles. The lowest BCUT2D eigenvalue weighted by molar-refractivity contribution is 0.0951. The number of hydrogen-bond acceptors (Lipinski definition) is 2. The van der Waals surface area contributed by atoms with E-state index >= 15 is 0 Å². The Hall–Kier alpha value is -1.81. The molecule has 4 heteroatoms. The standard InChI is InChI=1S/C19H22BrNO2/c1-19(2,3)15-8-5-13(6-9-15)18(22)21-12-14-7-10-16(23-4)11-17(14)20/h5-11H,12H2,1-4H3,(H,21,22). The van der Waals surface area contributed by atoms with Crippen LogP contribution in [-0.2, 0) is 12.0 Å². The highest BCUT2D eigenvalue weighted by Crippen LogP contribution is 2.24. The van der Waals surface area contributed by atoms with Gasteiger partial charge in [-0.25, -0.2) is 0 Å². The zero-order chi connectivity index (χ0) is 17.0. The monoisotopic (exact) mass is 375 g/mol. The average molecular weight is 376 g/mol. The molecule has 2 aromatic carbocycles. The summed E-state index contributed by atoms with van der Waals surface area (Å²) in [7, 11) is 1.63. The van der Waals surface area contributed by atoms with Gasteiger partial charge in [0.15, 0.2) is 0 Å². The molecule has 2 aromatic rings. The molecule has 0 fully saturated rings. The van der Waals surface area contributed by atoms with Crippen molar-refractivity contribution in [2.45, 2.75) is 32.7 Å². The molecular formula is C19H22BrNO2. The Kier molecular flexibility index (Phi) is 5.47. The van der Waals surface area contributed by atoms with Gasteiger partial charge in [-0.2, -0.15) is 0 Å². The Labute approximate surface area is 146 Å². The van der Waals surface area contributed by atoms with Crippen molar-refractivity contribution in [3.63, 3.8) is 0 Å². The Morgan fingerprint density at radius 2 is 1.78 bits per heavy atom. The maximum atomic E-state index is 12.3. The highest BCUT2D eigenvalue weighted by molar-refractivity contribution is 9.10. The van der Waals surface area contributed by atoms with Gasteiger partial charge in [0.05, 0.1) is 7.11 Å². The van der Waals surface area contributed by atoms with Crippen LogP contribution in [0.4, 0.5) is 0 Å². The van der Waals surface area contributed by atoms with Gasteiger partial charge in [-0.3, -0.25) is 4.79 Å². The molecule has 122 valence electrons. The van der Waals surface area contributed by atoms with E-state index in [0.29, 0.717) is 12.1 Å². The zero-order valence-corrected chi connectivity index (χ0v) is 15.5. The number of carbonyl (C=O) groups is 1. The number of benzene rings is 2. The summed E-state index contributed by atoms with van der Waals surface area (Å²) in [6.07, 6.45) is 0. The molecule has 1 amide bonds. The third-order valence-corrected chi connectivity index (χ3v) is 4.45. The topological polar surface area (TPSA) is 38.3 Å². The highest BCUT2D eigenvalue weighted by atomic mass is 79.9. The lowest BCUT2D eigenvalue weighted by Gasteiger charge is -2.19. The predicted molar refractivity (Wildman–Crippen MR) is 97.0 cm³/mol. The number of amides is 1. The molecule has 0 aliphatic carbocycles. The highest BCUT2D eigenvalue weighted by Gasteiger charge is 2.14. The van der Waals surface area contributed by atoms with E-state index in [0.717, 1.165) is 15.8 Å². The smallest absolute Gasteiger partial charge is 0.251 e. The molecule has 0 heterocycles. The molecule has 0 bridgehead atoms. The number of rotatable bonds is 4. The second-order valence-electron chi connectivity index (χ2n) is 6.47. The van der Waals surface area contributed by atoms with Crippen molar-refractivity contribution in [3.8, 4) is 5.75 Å². The molecule has 23 heavy (non-hydrogen) atoms. The van der Waals surface area contributed by atoms with Crippen molar-refractivity contribution in [2.24, 2.45) is 0 Å². The fraction of sp³-hybridized carbons (Fsp3) is 0.316. The molecule has 0 spiro atoms. The molecule has 0 aliphatic heterocycles. The third kappa shape index (κ3) is 4.58. The summed E-state index contributed by atoms with van der Waals surface area (Å²) in [5.41, 5.74) is 2.98. The van der Waals surface area contributed by atoms with E-state index in [4.69, 9.17) is 4.74 Å². The van der Waals surface area contributed by atoms with Crippen LogP contribution in [0.3, 0.4) is 0 Å². The fourth-order valence-corrected chi connectivity index (χ4v) is 2.70. The quantitative estimate of drug-likeness (QED) is 0.841. The van der Waals surface area contributed by atoms with Crippen molar-refractivity contribution < 1.29 is 9.53 Å². The lowest BCUT2D eigenvalue weighted by Crippen LogP contribution is -2.23. The molecular weight excluding hydrogens is 354 g/mol. The summed E-state index contributed by atoms with van der Waals surface area (Å²) in [4.78, 5) is 12.3. The van der Waals surface area contributed by atoms with Crippen LogP contribution < -0.4 is 10.1 Å². The van der Waals surface area contributed by atoms with Crippen molar-refractivity contribution in [3.05, 3.63) is 63.6 Å². The number of methoxy groups -OCH3 is 1. The van der Waals surface area contributed by atoms with Crippen LogP contribution in [0.1, 0.15) is 42.3 Å². The summed E-state index contributed by atoms with van der Waals surface area (Å²) < 4.78 is 6.08. The first-order valence-electron chi connectivity index (χ1n) is 7.52. The van der Waals surface area contributed by atoms with E-state index in [1.54, 1.807) is 7.11 Å². The van der Waals surface area contributed by atoms with Gasteiger partial charge in [0, 0.05) is 16.6 Å². The van der Waals surface area contributed by atoms with E-state index < -0.39 is 0 Å². The number of halogens is 1. The van der Waals surface area contributed by atoms with Crippen molar-refractivity contribution in [2.75, 3.05) is 7.11 Å². The SMILES string of the molecule is COc1ccc(CNC(=O)c2ccc(C(C)(C)C)cc2)c(Br)c1. The van der Waals surface area contributed by atoms with Crippen LogP contribution in [0, 0.1) is 0 Å². The fourth-order valence-electron chi connectivity index (χ4n) is 2.20. The van der Waals surface area contributed by atoms with Crippen molar-refractivity contribution >= 4 is 21.8 Å². The van der Waals surface area contributed by atoms with Gasteiger partial charge < -0.3 is 10.1 Å². The zero-order valence-electron chi connectivity index (χ0n) is 13.9. The van der Waals surface area contributed by atoms with Crippen molar-refractivity contribution in [1.29, 1.82) is 0 Å². The van der Waals surface area contributed by atoms with Crippen molar-refractivity contribution in [1.82, 2.24) is 5.32 Å².